The van der Waals surface area contributed by atoms with Crippen molar-refractivity contribution >= 4 is 28.9 Å². The van der Waals surface area contributed by atoms with Crippen molar-refractivity contribution in [2.24, 2.45) is 0 Å². The minimum atomic E-state index is -0.464. The molecule has 1 amide bonds. The Morgan fingerprint density at radius 3 is 2.52 bits per heavy atom. The number of carbonyl (C=O) groups is 1. The number of aryl methyl sites for hydroxylation is 1. The molecule has 0 aliphatic rings. The average Bonchev–Trinajstić information content (AvgIpc) is 2.95. The van der Waals surface area contributed by atoms with Crippen LogP contribution in [-0.4, -0.2) is 15.7 Å². The second-order valence-electron chi connectivity index (χ2n) is 9.01. The third-order valence-electron chi connectivity index (χ3n) is 5.97. The third-order valence-corrected chi connectivity index (χ3v) is 6.22. The summed E-state index contributed by atoms with van der Waals surface area (Å²) >= 11 is 6.02. The molecule has 0 saturated heterocycles. The van der Waals surface area contributed by atoms with Crippen LogP contribution in [0, 0.1) is 12.7 Å². The molecule has 0 bridgehead atoms. The lowest BCUT2D eigenvalue weighted by atomic mass is 10.1. The van der Waals surface area contributed by atoms with Gasteiger partial charge in [-0.25, -0.2) is 4.39 Å². The summed E-state index contributed by atoms with van der Waals surface area (Å²) in [5, 5.41) is 10.7. The van der Waals surface area contributed by atoms with E-state index in [1.54, 1.807) is 66.7 Å². The van der Waals surface area contributed by atoms with Crippen LogP contribution in [0.3, 0.4) is 0 Å². The first-order valence-electron chi connectivity index (χ1n) is 12.4. The van der Waals surface area contributed by atoms with Gasteiger partial charge >= 0.3 is 0 Å². The lowest BCUT2D eigenvalue weighted by Crippen LogP contribution is -2.24. The topological polar surface area (TPSA) is 85.2 Å². The van der Waals surface area contributed by atoms with Crippen molar-refractivity contribution in [3.05, 3.63) is 141 Å². The first-order valence-corrected chi connectivity index (χ1v) is 12.8. The highest BCUT2D eigenvalue weighted by molar-refractivity contribution is 6.30. The fourth-order valence-corrected chi connectivity index (χ4v) is 4.14. The summed E-state index contributed by atoms with van der Waals surface area (Å²) in [4.78, 5) is 26.5. The molecule has 0 fully saturated rings. The van der Waals surface area contributed by atoms with E-state index in [0.717, 1.165) is 5.56 Å². The first-order chi connectivity index (χ1) is 19.4. The Hall–Kier alpha value is -4.95. The summed E-state index contributed by atoms with van der Waals surface area (Å²) in [6.07, 6.45) is 1.45. The molecule has 0 aliphatic carbocycles. The predicted octanol–water partition coefficient (Wildman–Crippen LogP) is 6.80. The molecule has 0 radical (unpaired) electrons. The summed E-state index contributed by atoms with van der Waals surface area (Å²) in [6, 6.07) is 26.8. The molecule has 5 rings (SSSR count). The number of hydrogen-bond donors (Lipinski definition) is 2. The third kappa shape index (κ3) is 6.36. The van der Waals surface area contributed by atoms with Crippen molar-refractivity contribution in [3.63, 3.8) is 0 Å². The molecule has 200 valence electrons. The molecule has 0 spiro atoms. The standard InChI is InChI=1S/C31H24ClFN4O3/c1-20-5-2-10-27(15-20)40-28-19-35-37(26-13-11-23(32)12-14-26)31(39)29(28)36-25-9-4-7-22(17-25)30(38)34-18-21-6-3-8-24(33)16-21/h2-17,19,36H,18H2,1H3,(H,34,38). The van der Waals surface area contributed by atoms with Crippen molar-refractivity contribution in [1.82, 2.24) is 15.1 Å². The van der Waals surface area contributed by atoms with Gasteiger partial charge in [0.05, 0.1) is 11.9 Å². The zero-order valence-electron chi connectivity index (χ0n) is 21.4. The predicted molar refractivity (Wildman–Crippen MR) is 153 cm³/mol. The SMILES string of the molecule is Cc1cccc(Oc2cnn(-c3ccc(Cl)cc3)c(=O)c2Nc2cccc(C(=O)NCc3cccc(F)c3)c2)c1. The molecule has 7 nitrogen and oxygen atoms in total. The first kappa shape index (κ1) is 26.6. The van der Waals surface area contributed by atoms with E-state index in [1.165, 1.54) is 23.0 Å². The summed E-state index contributed by atoms with van der Waals surface area (Å²) < 4.78 is 20.8. The van der Waals surface area contributed by atoms with E-state index in [-0.39, 0.29) is 29.7 Å². The van der Waals surface area contributed by atoms with E-state index in [0.29, 0.717) is 33.3 Å². The Labute approximate surface area is 234 Å². The maximum absolute atomic E-state index is 13.7. The number of anilines is 2. The molecule has 0 aliphatic heterocycles. The number of nitrogens with one attached hydrogen (secondary N) is 2. The minimum Gasteiger partial charge on any atom is -0.453 e. The van der Waals surface area contributed by atoms with Gasteiger partial charge in [0.2, 0.25) is 0 Å². The molecule has 1 heterocycles. The molecule has 4 aromatic carbocycles. The van der Waals surface area contributed by atoms with Crippen molar-refractivity contribution in [1.29, 1.82) is 0 Å². The van der Waals surface area contributed by atoms with Gasteiger partial charge in [0.1, 0.15) is 11.6 Å². The molecule has 5 aromatic rings. The maximum atomic E-state index is 13.7. The summed E-state index contributed by atoms with van der Waals surface area (Å²) in [6.45, 7) is 2.10. The van der Waals surface area contributed by atoms with Crippen molar-refractivity contribution in [2.45, 2.75) is 13.5 Å². The minimum absolute atomic E-state index is 0.128. The van der Waals surface area contributed by atoms with Gasteiger partial charge in [0.25, 0.3) is 11.5 Å². The van der Waals surface area contributed by atoms with Crippen LogP contribution in [0.4, 0.5) is 15.8 Å². The van der Waals surface area contributed by atoms with E-state index in [4.69, 9.17) is 16.3 Å². The molecule has 0 unspecified atom stereocenters. The molecule has 2 N–H and O–H groups in total. The van der Waals surface area contributed by atoms with Crippen LogP contribution in [0.15, 0.2) is 108 Å². The zero-order valence-corrected chi connectivity index (χ0v) is 22.2. The fourth-order valence-electron chi connectivity index (χ4n) is 4.02. The second-order valence-corrected chi connectivity index (χ2v) is 9.45. The van der Waals surface area contributed by atoms with Crippen LogP contribution in [0.1, 0.15) is 21.5 Å². The van der Waals surface area contributed by atoms with Gasteiger partial charge < -0.3 is 15.4 Å². The molecule has 0 atom stereocenters. The lowest BCUT2D eigenvalue weighted by molar-refractivity contribution is 0.0951. The number of nitrogens with zero attached hydrogens (tertiary/aromatic N) is 2. The molecular weight excluding hydrogens is 531 g/mol. The number of amides is 1. The average molecular weight is 555 g/mol. The number of benzene rings is 4. The summed E-state index contributed by atoms with van der Waals surface area (Å²) in [5.74, 6) is 0.0291. The smallest absolute Gasteiger partial charge is 0.299 e. The van der Waals surface area contributed by atoms with E-state index < -0.39 is 5.56 Å². The van der Waals surface area contributed by atoms with Crippen LogP contribution in [0.2, 0.25) is 5.02 Å². The normalized spacial score (nSPS) is 10.7. The Morgan fingerprint density at radius 2 is 1.75 bits per heavy atom. The maximum Gasteiger partial charge on any atom is 0.299 e. The Kier molecular flexibility index (Phi) is 7.89. The molecule has 9 heteroatoms. The van der Waals surface area contributed by atoms with Crippen molar-refractivity contribution in [2.75, 3.05) is 5.32 Å². The van der Waals surface area contributed by atoms with E-state index >= 15 is 0 Å². The zero-order chi connectivity index (χ0) is 28.1. The van der Waals surface area contributed by atoms with E-state index in [9.17, 15) is 14.0 Å². The number of hydrogen-bond acceptors (Lipinski definition) is 5. The number of aromatic nitrogens is 2. The van der Waals surface area contributed by atoms with Gasteiger partial charge in [-0.15, -0.1) is 0 Å². The molecule has 0 saturated carbocycles. The van der Waals surface area contributed by atoms with Crippen LogP contribution < -0.4 is 20.9 Å². The Morgan fingerprint density at radius 1 is 0.975 bits per heavy atom. The Bertz CT molecular complexity index is 1740. The fraction of sp³-hybridized carbons (Fsp3) is 0.0645. The van der Waals surface area contributed by atoms with Crippen LogP contribution in [-0.2, 0) is 6.54 Å². The molecule has 1 aromatic heterocycles. The number of ether oxygens (including phenoxy) is 1. The summed E-state index contributed by atoms with van der Waals surface area (Å²) in [5.41, 5.74) is 2.65. The highest BCUT2D eigenvalue weighted by Gasteiger charge is 2.16. The van der Waals surface area contributed by atoms with Gasteiger partial charge in [-0.1, -0.05) is 41.9 Å². The quantitative estimate of drug-likeness (QED) is 0.220. The van der Waals surface area contributed by atoms with Crippen molar-refractivity contribution in [3.8, 4) is 17.2 Å². The second kappa shape index (κ2) is 11.8. The van der Waals surface area contributed by atoms with Crippen molar-refractivity contribution < 1.29 is 13.9 Å². The molecule has 40 heavy (non-hydrogen) atoms. The summed E-state index contributed by atoms with van der Waals surface area (Å²) in [7, 11) is 0. The highest BCUT2D eigenvalue weighted by atomic mass is 35.5. The lowest BCUT2D eigenvalue weighted by Gasteiger charge is -2.15. The number of halogens is 2. The van der Waals surface area contributed by atoms with Crippen LogP contribution in [0.5, 0.6) is 11.5 Å². The van der Waals surface area contributed by atoms with Gasteiger partial charge in [-0.3, -0.25) is 9.59 Å². The number of rotatable bonds is 8. The van der Waals surface area contributed by atoms with Gasteiger partial charge in [-0.05, 0) is 84.8 Å². The van der Waals surface area contributed by atoms with Gasteiger partial charge in [0, 0.05) is 22.8 Å². The van der Waals surface area contributed by atoms with Crippen LogP contribution >= 0.6 is 11.6 Å². The van der Waals surface area contributed by atoms with Gasteiger partial charge in [0.15, 0.2) is 11.4 Å². The largest absolute Gasteiger partial charge is 0.453 e. The Balaban J connectivity index is 1.45. The highest BCUT2D eigenvalue weighted by Crippen LogP contribution is 2.29. The van der Waals surface area contributed by atoms with E-state index in [1.807, 2.05) is 25.1 Å². The molecular formula is C31H24ClFN4O3. The monoisotopic (exact) mass is 554 g/mol. The number of carbonyl (C=O) groups excluding carboxylic acids is 1. The van der Waals surface area contributed by atoms with Gasteiger partial charge in [-0.2, -0.15) is 9.78 Å². The van der Waals surface area contributed by atoms with E-state index in [2.05, 4.69) is 15.7 Å². The van der Waals surface area contributed by atoms with Crippen LogP contribution in [0.25, 0.3) is 5.69 Å².